The second kappa shape index (κ2) is 12.6. The van der Waals surface area contributed by atoms with Crippen molar-refractivity contribution in [2.75, 3.05) is 36.3 Å². The fraction of sp³-hybridized carbons (Fsp3) is 0.444. The lowest BCUT2D eigenvalue weighted by Gasteiger charge is -2.19. The average Bonchev–Trinajstić information content (AvgIpc) is 3.65. The van der Waals surface area contributed by atoms with E-state index < -0.39 is 27.9 Å². The van der Waals surface area contributed by atoms with Crippen LogP contribution in [-0.2, 0) is 14.6 Å². The number of allylic oxidation sites excluding steroid dienone is 3. The van der Waals surface area contributed by atoms with Crippen LogP contribution < -0.4 is 10.6 Å². The number of aromatic nitrogens is 3. The van der Waals surface area contributed by atoms with Crippen LogP contribution in [0.1, 0.15) is 32.4 Å². The molecule has 0 spiro atoms. The van der Waals surface area contributed by atoms with Crippen LogP contribution >= 0.6 is 0 Å². The van der Waals surface area contributed by atoms with E-state index in [0.29, 0.717) is 47.6 Å². The van der Waals surface area contributed by atoms with Crippen LogP contribution in [0.5, 0.6) is 0 Å². The maximum atomic E-state index is 13.8. The predicted octanol–water partition coefficient (Wildman–Crippen LogP) is 5.04. The SMILES string of the molecule is C=CC(/C=C\C(=C/CS(C)(=O)=O)c1ccc2nc(NCC(C)/C=C\C)nc(NC3(C(F)F)CC3)c2n1)OC. The Bertz CT molecular complexity index is 1340. The van der Waals surface area contributed by atoms with Crippen LogP contribution in [0.25, 0.3) is 16.6 Å². The van der Waals surface area contributed by atoms with Crippen LogP contribution in [0.4, 0.5) is 20.5 Å². The Morgan fingerprint density at radius 1 is 1.24 bits per heavy atom. The first-order chi connectivity index (χ1) is 18.0. The van der Waals surface area contributed by atoms with E-state index in [-0.39, 0.29) is 17.5 Å². The van der Waals surface area contributed by atoms with Gasteiger partial charge >= 0.3 is 0 Å². The van der Waals surface area contributed by atoms with Crippen LogP contribution in [0.2, 0.25) is 0 Å². The fourth-order valence-electron chi connectivity index (χ4n) is 3.71. The number of halogens is 2. The molecule has 0 aromatic carbocycles. The number of alkyl halides is 2. The van der Waals surface area contributed by atoms with E-state index in [1.807, 2.05) is 26.0 Å². The van der Waals surface area contributed by atoms with E-state index in [2.05, 4.69) is 27.2 Å². The van der Waals surface area contributed by atoms with Gasteiger partial charge in [0.25, 0.3) is 6.43 Å². The second-order valence-electron chi connectivity index (χ2n) is 9.47. The molecule has 0 radical (unpaired) electrons. The van der Waals surface area contributed by atoms with E-state index in [1.165, 1.54) is 7.11 Å². The summed E-state index contributed by atoms with van der Waals surface area (Å²) in [5.74, 6) is 0.509. The molecule has 2 aromatic heterocycles. The Kier molecular flexibility index (Phi) is 9.72. The van der Waals surface area contributed by atoms with Gasteiger partial charge in [-0.25, -0.2) is 27.2 Å². The zero-order valence-electron chi connectivity index (χ0n) is 22.1. The highest BCUT2D eigenvalue weighted by atomic mass is 32.2. The zero-order valence-corrected chi connectivity index (χ0v) is 22.9. The predicted molar refractivity (Wildman–Crippen MR) is 149 cm³/mol. The van der Waals surface area contributed by atoms with Gasteiger partial charge in [0.2, 0.25) is 5.95 Å². The lowest BCUT2D eigenvalue weighted by molar-refractivity contribution is 0.114. The van der Waals surface area contributed by atoms with Crippen molar-refractivity contribution in [3.63, 3.8) is 0 Å². The number of fused-ring (bicyclic) bond motifs is 1. The fourth-order valence-corrected chi connectivity index (χ4v) is 4.19. The van der Waals surface area contributed by atoms with Gasteiger partial charge in [-0.1, -0.05) is 43.4 Å². The maximum Gasteiger partial charge on any atom is 0.261 e. The van der Waals surface area contributed by atoms with Gasteiger partial charge in [0, 0.05) is 19.9 Å². The van der Waals surface area contributed by atoms with Gasteiger partial charge in [-0.15, -0.1) is 6.58 Å². The third-order valence-corrected chi connectivity index (χ3v) is 6.86. The van der Waals surface area contributed by atoms with Gasteiger partial charge in [-0.3, -0.25) is 0 Å². The van der Waals surface area contributed by atoms with Crippen LogP contribution in [-0.4, -0.2) is 67.1 Å². The second-order valence-corrected chi connectivity index (χ2v) is 11.7. The highest BCUT2D eigenvalue weighted by Crippen LogP contribution is 2.44. The van der Waals surface area contributed by atoms with Crippen molar-refractivity contribution >= 4 is 38.2 Å². The van der Waals surface area contributed by atoms with Crippen molar-refractivity contribution < 1.29 is 21.9 Å². The molecule has 1 aliphatic rings. The van der Waals surface area contributed by atoms with Gasteiger partial charge in [0.1, 0.15) is 5.52 Å². The molecule has 0 saturated heterocycles. The molecule has 3 rings (SSSR count). The molecular weight excluding hydrogens is 512 g/mol. The summed E-state index contributed by atoms with van der Waals surface area (Å²) in [4.78, 5) is 13.7. The molecule has 0 aliphatic heterocycles. The number of sulfone groups is 1. The van der Waals surface area contributed by atoms with Crippen LogP contribution in [0.3, 0.4) is 0 Å². The van der Waals surface area contributed by atoms with Crippen molar-refractivity contribution in [3.05, 3.63) is 60.9 Å². The van der Waals surface area contributed by atoms with Gasteiger partial charge in [-0.2, -0.15) is 4.98 Å². The molecular formula is C27H35F2N5O3S. The van der Waals surface area contributed by atoms with Crippen LogP contribution in [0, 0.1) is 5.92 Å². The number of hydrogen-bond donors (Lipinski definition) is 2. The molecule has 1 saturated carbocycles. The minimum absolute atomic E-state index is 0.197. The number of ether oxygens (including phenoxy) is 1. The first-order valence-electron chi connectivity index (χ1n) is 12.3. The molecule has 2 aromatic rings. The summed E-state index contributed by atoms with van der Waals surface area (Å²) in [5, 5.41) is 6.11. The van der Waals surface area contributed by atoms with E-state index in [0.717, 1.165) is 6.26 Å². The number of rotatable bonds is 14. The monoisotopic (exact) mass is 547 g/mol. The number of anilines is 2. The first kappa shape index (κ1) is 29.4. The van der Waals surface area contributed by atoms with Gasteiger partial charge < -0.3 is 15.4 Å². The molecule has 38 heavy (non-hydrogen) atoms. The Balaban J connectivity index is 2.09. The van der Waals surface area contributed by atoms with Crippen LogP contribution in [0.15, 0.2) is 55.2 Å². The summed E-state index contributed by atoms with van der Waals surface area (Å²) in [6, 6.07) is 3.43. The zero-order chi connectivity index (χ0) is 27.9. The molecule has 2 heterocycles. The smallest absolute Gasteiger partial charge is 0.261 e. The van der Waals surface area contributed by atoms with Gasteiger partial charge in [-0.05, 0) is 43.4 Å². The van der Waals surface area contributed by atoms with E-state index in [4.69, 9.17) is 9.72 Å². The highest BCUT2D eigenvalue weighted by Gasteiger charge is 2.51. The summed E-state index contributed by atoms with van der Waals surface area (Å²) in [6.07, 6.45) is 9.37. The first-order valence-corrected chi connectivity index (χ1v) is 14.4. The standard InChI is InChI=1S/C27H35F2N5O3S/c1-6-8-18(3)17-30-26-32-22-12-11-21(19(13-16-38(5,35)36)9-10-20(7-2)37-4)31-23(22)24(33-26)34-27(14-15-27)25(28)29/h6-13,18,20,25H,2,14-17H2,1,3-5H3,(H2,30,32,33,34)/b8-6-,10-9-,19-13+. The van der Waals surface area contributed by atoms with E-state index in [1.54, 1.807) is 36.4 Å². The molecule has 8 nitrogen and oxygen atoms in total. The van der Waals surface area contributed by atoms with Crippen molar-refractivity contribution in [3.8, 4) is 0 Å². The number of pyridine rings is 1. The number of nitrogens with zero attached hydrogens (tertiary/aromatic N) is 3. The molecule has 1 aliphatic carbocycles. The highest BCUT2D eigenvalue weighted by molar-refractivity contribution is 7.90. The third-order valence-electron chi connectivity index (χ3n) is 6.09. The topological polar surface area (TPSA) is 106 Å². The Morgan fingerprint density at radius 3 is 2.55 bits per heavy atom. The summed E-state index contributed by atoms with van der Waals surface area (Å²) in [7, 11) is -1.77. The largest absolute Gasteiger partial charge is 0.373 e. The number of methoxy groups -OCH3 is 1. The summed E-state index contributed by atoms with van der Waals surface area (Å²) in [5.41, 5.74) is 0.382. The quantitative estimate of drug-likeness (QED) is 0.250. The van der Waals surface area contributed by atoms with E-state index in [9.17, 15) is 17.2 Å². The summed E-state index contributed by atoms with van der Waals surface area (Å²) in [6.45, 7) is 8.26. The maximum absolute atomic E-state index is 13.8. The molecule has 2 unspecified atom stereocenters. The average molecular weight is 548 g/mol. The van der Waals surface area contributed by atoms with Gasteiger partial charge in [0.15, 0.2) is 15.7 Å². The van der Waals surface area contributed by atoms with Crippen molar-refractivity contribution in [2.45, 2.75) is 44.8 Å². The molecule has 206 valence electrons. The number of nitrogens with one attached hydrogen (secondary N) is 2. The molecule has 2 N–H and O–H groups in total. The summed E-state index contributed by atoms with van der Waals surface area (Å²) < 4.78 is 56.6. The molecule has 0 amide bonds. The molecule has 2 atom stereocenters. The minimum Gasteiger partial charge on any atom is -0.373 e. The summed E-state index contributed by atoms with van der Waals surface area (Å²) >= 11 is 0. The van der Waals surface area contributed by atoms with Crippen molar-refractivity contribution in [1.29, 1.82) is 0 Å². The molecule has 1 fully saturated rings. The lowest BCUT2D eigenvalue weighted by Crippen LogP contribution is -2.30. The van der Waals surface area contributed by atoms with Gasteiger partial charge in [0.05, 0.1) is 28.6 Å². The third kappa shape index (κ3) is 7.91. The Morgan fingerprint density at radius 2 is 1.97 bits per heavy atom. The number of hydrogen-bond acceptors (Lipinski definition) is 8. The van der Waals surface area contributed by atoms with Crippen molar-refractivity contribution in [1.82, 2.24) is 15.0 Å². The normalized spacial score (nSPS) is 17.3. The molecule has 0 bridgehead atoms. The Hall–Kier alpha value is -3.18. The minimum atomic E-state index is -3.30. The lowest BCUT2D eigenvalue weighted by atomic mass is 10.1. The molecule has 11 heteroatoms. The van der Waals surface area contributed by atoms with Crippen molar-refractivity contribution in [2.24, 2.45) is 5.92 Å². The van der Waals surface area contributed by atoms with E-state index >= 15 is 0 Å². The Labute approximate surface area is 222 Å².